The minimum absolute atomic E-state index is 0.350. The second-order valence-electron chi connectivity index (χ2n) is 5.18. The third-order valence-electron chi connectivity index (χ3n) is 3.12. The highest BCUT2D eigenvalue weighted by atomic mass is 16.5. The van der Waals surface area contributed by atoms with E-state index in [-0.39, 0.29) is 0 Å². The van der Waals surface area contributed by atoms with Gasteiger partial charge in [-0.2, -0.15) is 0 Å². The molecule has 5 heteroatoms. The number of hydrogen-bond donors (Lipinski definition) is 2. The summed E-state index contributed by atoms with van der Waals surface area (Å²) in [6.07, 6.45) is 0.687. The van der Waals surface area contributed by atoms with Crippen LogP contribution in [0.2, 0.25) is 0 Å². The standard InChI is InChI=1S/C16H24N2O3/c1-12(2)14-7-5-13(6-8-14)11-18-16(20)15(19)17-9-4-10-21-3/h5-8,12H,4,9-11H2,1-3H3,(H,17,19)(H,18,20). The van der Waals surface area contributed by atoms with Crippen molar-refractivity contribution in [2.75, 3.05) is 20.3 Å². The molecule has 0 atom stereocenters. The Hall–Kier alpha value is -1.88. The Balaban J connectivity index is 2.33. The van der Waals surface area contributed by atoms with Crippen LogP contribution in [0.25, 0.3) is 0 Å². The van der Waals surface area contributed by atoms with Crippen LogP contribution >= 0.6 is 0 Å². The third-order valence-corrected chi connectivity index (χ3v) is 3.12. The van der Waals surface area contributed by atoms with Crippen LogP contribution in [0.1, 0.15) is 37.3 Å². The molecule has 0 saturated heterocycles. The van der Waals surface area contributed by atoms with Gasteiger partial charge < -0.3 is 15.4 Å². The maximum absolute atomic E-state index is 11.6. The van der Waals surface area contributed by atoms with Gasteiger partial charge in [0.05, 0.1) is 0 Å². The van der Waals surface area contributed by atoms with Crippen molar-refractivity contribution in [2.24, 2.45) is 0 Å². The van der Waals surface area contributed by atoms with Crippen LogP contribution in [0.4, 0.5) is 0 Å². The smallest absolute Gasteiger partial charge is 0.309 e. The molecule has 2 N–H and O–H groups in total. The first kappa shape index (κ1) is 17.2. The lowest BCUT2D eigenvalue weighted by Crippen LogP contribution is -2.40. The summed E-state index contributed by atoms with van der Waals surface area (Å²) in [5, 5.41) is 5.15. The van der Waals surface area contributed by atoms with Crippen LogP contribution in [-0.4, -0.2) is 32.1 Å². The highest BCUT2D eigenvalue weighted by Crippen LogP contribution is 2.14. The van der Waals surface area contributed by atoms with E-state index in [9.17, 15) is 9.59 Å². The average Bonchev–Trinajstić information content (AvgIpc) is 2.49. The molecular formula is C16H24N2O3. The minimum atomic E-state index is -0.611. The molecule has 0 bridgehead atoms. The predicted octanol–water partition coefficient (Wildman–Crippen LogP) is 1.58. The minimum Gasteiger partial charge on any atom is -0.385 e. The number of rotatable bonds is 7. The van der Waals surface area contributed by atoms with Crippen LogP contribution in [-0.2, 0) is 20.9 Å². The molecule has 0 aliphatic heterocycles. The number of carbonyl (C=O) groups excluding carboxylic acids is 2. The Morgan fingerprint density at radius 1 is 1.10 bits per heavy atom. The number of ether oxygens (including phenoxy) is 1. The molecule has 0 saturated carbocycles. The molecule has 0 spiro atoms. The molecule has 116 valence electrons. The predicted molar refractivity (Wildman–Crippen MR) is 81.9 cm³/mol. The molecule has 0 fully saturated rings. The van der Waals surface area contributed by atoms with Gasteiger partial charge in [0.2, 0.25) is 0 Å². The van der Waals surface area contributed by atoms with Crippen LogP contribution < -0.4 is 10.6 Å². The Kier molecular flexibility index (Phi) is 7.46. The highest BCUT2D eigenvalue weighted by Gasteiger charge is 2.11. The molecule has 1 aromatic rings. The van der Waals surface area contributed by atoms with Crippen LogP contribution in [0.5, 0.6) is 0 Å². The monoisotopic (exact) mass is 292 g/mol. The number of hydrogen-bond acceptors (Lipinski definition) is 3. The first-order chi connectivity index (χ1) is 10.0. The molecule has 0 aliphatic carbocycles. The molecule has 1 aromatic carbocycles. The molecule has 2 amide bonds. The summed E-state index contributed by atoms with van der Waals surface area (Å²) < 4.78 is 4.86. The zero-order valence-electron chi connectivity index (χ0n) is 12.9. The van der Waals surface area contributed by atoms with E-state index >= 15 is 0 Å². The first-order valence-corrected chi connectivity index (χ1v) is 7.18. The number of benzene rings is 1. The Morgan fingerprint density at radius 3 is 2.29 bits per heavy atom. The van der Waals surface area contributed by atoms with Crippen molar-refractivity contribution >= 4 is 11.8 Å². The van der Waals surface area contributed by atoms with Gasteiger partial charge in [-0.15, -0.1) is 0 Å². The Labute approximate surface area is 126 Å². The van der Waals surface area contributed by atoms with Gasteiger partial charge in [0.1, 0.15) is 0 Å². The van der Waals surface area contributed by atoms with Crippen LogP contribution in [0.3, 0.4) is 0 Å². The van der Waals surface area contributed by atoms with E-state index in [4.69, 9.17) is 4.74 Å². The number of methoxy groups -OCH3 is 1. The summed E-state index contributed by atoms with van der Waals surface area (Å²) in [5.41, 5.74) is 2.22. The van der Waals surface area contributed by atoms with Gasteiger partial charge in [0.25, 0.3) is 0 Å². The van der Waals surface area contributed by atoms with Crippen molar-refractivity contribution in [3.05, 3.63) is 35.4 Å². The summed E-state index contributed by atoms with van der Waals surface area (Å²) in [7, 11) is 1.60. The van der Waals surface area contributed by atoms with E-state index in [1.54, 1.807) is 7.11 Å². The lowest BCUT2D eigenvalue weighted by molar-refractivity contribution is -0.139. The van der Waals surface area contributed by atoms with E-state index in [0.29, 0.717) is 32.0 Å². The van der Waals surface area contributed by atoms with Crippen molar-refractivity contribution in [1.82, 2.24) is 10.6 Å². The largest absolute Gasteiger partial charge is 0.385 e. The molecule has 0 radical (unpaired) electrons. The normalized spacial score (nSPS) is 10.5. The third kappa shape index (κ3) is 6.40. The Bertz CT molecular complexity index is 455. The van der Waals surface area contributed by atoms with Crippen molar-refractivity contribution in [3.63, 3.8) is 0 Å². The Morgan fingerprint density at radius 2 is 1.71 bits per heavy atom. The van der Waals surface area contributed by atoms with Crippen molar-refractivity contribution < 1.29 is 14.3 Å². The number of amides is 2. The number of carbonyl (C=O) groups is 2. The van der Waals surface area contributed by atoms with E-state index in [0.717, 1.165) is 5.56 Å². The molecule has 0 unspecified atom stereocenters. The zero-order valence-corrected chi connectivity index (χ0v) is 12.9. The topological polar surface area (TPSA) is 67.4 Å². The highest BCUT2D eigenvalue weighted by molar-refractivity contribution is 6.35. The van der Waals surface area contributed by atoms with Gasteiger partial charge in [-0.25, -0.2) is 0 Å². The van der Waals surface area contributed by atoms with Crippen molar-refractivity contribution in [3.8, 4) is 0 Å². The lowest BCUT2D eigenvalue weighted by Gasteiger charge is -2.08. The quantitative estimate of drug-likeness (QED) is 0.592. The molecular weight excluding hydrogens is 268 g/mol. The fourth-order valence-electron chi connectivity index (χ4n) is 1.78. The lowest BCUT2D eigenvalue weighted by atomic mass is 10.0. The number of nitrogens with one attached hydrogen (secondary N) is 2. The van der Waals surface area contributed by atoms with Crippen molar-refractivity contribution in [2.45, 2.75) is 32.7 Å². The van der Waals surface area contributed by atoms with Gasteiger partial charge in [-0.1, -0.05) is 38.1 Å². The second kappa shape index (κ2) is 9.13. The molecule has 1 rings (SSSR count). The maximum Gasteiger partial charge on any atom is 0.309 e. The zero-order chi connectivity index (χ0) is 15.7. The van der Waals surface area contributed by atoms with Gasteiger partial charge >= 0.3 is 11.8 Å². The van der Waals surface area contributed by atoms with E-state index in [2.05, 4.69) is 24.5 Å². The van der Waals surface area contributed by atoms with Gasteiger partial charge in [0.15, 0.2) is 0 Å². The van der Waals surface area contributed by atoms with Crippen LogP contribution in [0, 0.1) is 0 Å². The summed E-state index contributed by atoms with van der Waals surface area (Å²) in [5.74, 6) is -0.739. The summed E-state index contributed by atoms with van der Waals surface area (Å²) >= 11 is 0. The SMILES string of the molecule is COCCCNC(=O)C(=O)NCc1ccc(C(C)C)cc1. The van der Waals surface area contributed by atoms with E-state index < -0.39 is 11.8 Å². The van der Waals surface area contributed by atoms with E-state index in [1.165, 1.54) is 5.56 Å². The maximum atomic E-state index is 11.6. The molecule has 0 aliphatic rings. The van der Waals surface area contributed by atoms with Crippen molar-refractivity contribution in [1.29, 1.82) is 0 Å². The van der Waals surface area contributed by atoms with Gasteiger partial charge in [0, 0.05) is 26.8 Å². The van der Waals surface area contributed by atoms with Gasteiger partial charge in [-0.3, -0.25) is 9.59 Å². The van der Waals surface area contributed by atoms with Gasteiger partial charge in [-0.05, 0) is 23.5 Å². The first-order valence-electron chi connectivity index (χ1n) is 7.18. The van der Waals surface area contributed by atoms with Crippen LogP contribution in [0.15, 0.2) is 24.3 Å². The summed E-state index contributed by atoms with van der Waals surface area (Å²) in [6, 6.07) is 8.01. The summed E-state index contributed by atoms with van der Waals surface area (Å²) in [6.45, 7) is 5.60. The fraction of sp³-hybridized carbons (Fsp3) is 0.500. The average molecular weight is 292 g/mol. The fourth-order valence-corrected chi connectivity index (χ4v) is 1.78. The summed E-state index contributed by atoms with van der Waals surface area (Å²) in [4.78, 5) is 23.1. The van der Waals surface area contributed by atoms with E-state index in [1.807, 2.05) is 24.3 Å². The molecule has 0 heterocycles. The molecule has 21 heavy (non-hydrogen) atoms. The molecule has 0 aromatic heterocycles. The molecule has 5 nitrogen and oxygen atoms in total. The second-order valence-corrected chi connectivity index (χ2v) is 5.18.